The third-order valence-electron chi connectivity index (χ3n) is 4.12. The molecule has 0 aliphatic carbocycles. The van der Waals surface area contributed by atoms with Crippen LogP contribution in [0.5, 0.6) is 0 Å². The summed E-state index contributed by atoms with van der Waals surface area (Å²) in [4.78, 5) is 19.4. The van der Waals surface area contributed by atoms with Crippen molar-refractivity contribution in [3.05, 3.63) is 23.4 Å². The summed E-state index contributed by atoms with van der Waals surface area (Å²) in [5.74, 6) is 1.58. The molecule has 2 aromatic heterocycles. The highest BCUT2D eigenvalue weighted by Gasteiger charge is 2.22. The van der Waals surface area contributed by atoms with Crippen molar-refractivity contribution in [2.45, 2.75) is 32.1 Å². The van der Waals surface area contributed by atoms with E-state index in [-0.39, 0.29) is 18.4 Å². The fourth-order valence-electron chi connectivity index (χ4n) is 2.85. The van der Waals surface area contributed by atoms with E-state index in [4.69, 9.17) is 4.52 Å². The number of amides is 1. The first kappa shape index (κ1) is 16.1. The summed E-state index contributed by atoms with van der Waals surface area (Å²) in [5.41, 5.74) is 0. The van der Waals surface area contributed by atoms with Crippen molar-refractivity contribution in [1.29, 1.82) is 0 Å². The van der Waals surface area contributed by atoms with E-state index in [2.05, 4.69) is 10.1 Å². The summed E-state index contributed by atoms with van der Waals surface area (Å²) in [6.45, 7) is 1.65. The van der Waals surface area contributed by atoms with Crippen LogP contribution in [-0.2, 0) is 11.2 Å². The number of carbonyl (C=O) groups is 1. The van der Waals surface area contributed by atoms with Crippen LogP contribution in [0.15, 0.2) is 22.0 Å². The first-order valence-corrected chi connectivity index (χ1v) is 8.89. The summed E-state index contributed by atoms with van der Waals surface area (Å²) in [7, 11) is 0. The minimum absolute atomic E-state index is 0.154. The Morgan fingerprint density at radius 1 is 1.52 bits per heavy atom. The molecular formula is C16H21N3O3S. The topological polar surface area (TPSA) is 79.5 Å². The standard InChI is InChI=1S/C16H21N3O3S/c20-11-12-4-2-8-19(10-12)15(21)7-1-6-14-17-16(18-22-14)13-5-3-9-23-13/h3,5,9,12,20H,1-2,4,6-8,10-11H2. The van der Waals surface area contributed by atoms with Gasteiger partial charge in [0.25, 0.3) is 0 Å². The van der Waals surface area contributed by atoms with Crippen LogP contribution >= 0.6 is 11.3 Å². The normalized spacial score (nSPS) is 18.3. The molecule has 0 saturated carbocycles. The van der Waals surface area contributed by atoms with Crippen LogP contribution < -0.4 is 0 Å². The quantitative estimate of drug-likeness (QED) is 0.876. The summed E-state index contributed by atoms with van der Waals surface area (Å²) < 4.78 is 5.24. The SMILES string of the molecule is O=C(CCCc1nc(-c2cccs2)no1)N1CCCC(CO)C1. The molecule has 23 heavy (non-hydrogen) atoms. The maximum Gasteiger partial charge on any atom is 0.226 e. The van der Waals surface area contributed by atoms with Crippen LogP contribution in [0, 0.1) is 5.92 Å². The van der Waals surface area contributed by atoms with Crippen molar-refractivity contribution in [2.24, 2.45) is 5.92 Å². The first-order valence-electron chi connectivity index (χ1n) is 8.01. The van der Waals surface area contributed by atoms with Gasteiger partial charge in [-0.3, -0.25) is 4.79 Å². The molecule has 0 bridgehead atoms. The van der Waals surface area contributed by atoms with Gasteiger partial charge in [-0.1, -0.05) is 11.2 Å². The van der Waals surface area contributed by atoms with Gasteiger partial charge in [-0.2, -0.15) is 4.98 Å². The Morgan fingerprint density at radius 2 is 2.43 bits per heavy atom. The van der Waals surface area contributed by atoms with E-state index in [0.717, 1.165) is 24.3 Å². The molecule has 1 saturated heterocycles. The Hall–Kier alpha value is -1.73. The zero-order chi connectivity index (χ0) is 16.1. The molecule has 3 rings (SSSR count). The van der Waals surface area contributed by atoms with Crippen molar-refractivity contribution < 1.29 is 14.4 Å². The molecule has 1 aliphatic heterocycles. The Kier molecular flexibility index (Phi) is 5.40. The van der Waals surface area contributed by atoms with Crippen LogP contribution in [0.2, 0.25) is 0 Å². The van der Waals surface area contributed by atoms with E-state index < -0.39 is 0 Å². The second kappa shape index (κ2) is 7.70. The van der Waals surface area contributed by atoms with Crippen molar-refractivity contribution >= 4 is 17.2 Å². The molecule has 0 aromatic carbocycles. The number of aliphatic hydroxyl groups excluding tert-OH is 1. The van der Waals surface area contributed by atoms with E-state index in [1.165, 1.54) is 0 Å². The largest absolute Gasteiger partial charge is 0.396 e. The van der Waals surface area contributed by atoms with Gasteiger partial charge in [-0.15, -0.1) is 11.3 Å². The van der Waals surface area contributed by atoms with E-state index >= 15 is 0 Å². The number of likely N-dealkylation sites (tertiary alicyclic amines) is 1. The molecule has 1 aliphatic rings. The molecule has 0 spiro atoms. The van der Waals surface area contributed by atoms with E-state index in [0.29, 0.717) is 37.5 Å². The highest BCUT2D eigenvalue weighted by atomic mass is 32.1. The van der Waals surface area contributed by atoms with Gasteiger partial charge >= 0.3 is 0 Å². The Labute approximate surface area is 139 Å². The molecule has 1 atom stereocenters. The molecule has 124 valence electrons. The van der Waals surface area contributed by atoms with Gasteiger partial charge in [0.1, 0.15) is 0 Å². The molecule has 6 nitrogen and oxygen atoms in total. The third kappa shape index (κ3) is 4.17. The number of aromatic nitrogens is 2. The zero-order valence-corrected chi connectivity index (χ0v) is 13.8. The van der Waals surface area contributed by atoms with E-state index in [9.17, 15) is 9.90 Å². The number of piperidine rings is 1. The lowest BCUT2D eigenvalue weighted by Gasteiger charge is -2.31. The van der Waals surface area contributed by atoms with Gasteiger partial charge in [0.05, 0.1) is 4.88 Å². The monoisotopic (exact) mass is 335 g/mol. The molecule has 1 amide bonds. The van der Waals surface area contributed by atoms with Gasteiger partial charge in [0, 0.05) is 32.5 Å². The molecular weight excluding hydrogens is 314 g/mol. The number of carbonyl (C=O) groups excluding carboxylic acids is 1. The number of hydrogen-bond donors (Lipinski definition) is 1. The lowest BCUT2D eigenvalue weighted by atomic mass is 9.98. The second-order valence-electron chi connectivity index (χ2n) is 5.87. The molecule has 3 heterocycles. The average molecular weight is 335 g/mol. The van der Waals surface area contributed by atoms with Crippen LogP contribution in [-0.4, -0.2) is 45.8 Å². The minimum atomic E-state index is 0.154. The van der Waals surface area contributed by atoms with Crippen LogP contribution in [0.1, 0.15) is 31.6 Å². The lowest BCUT2D eigenvalue weighted by Crippen LogP contribution is -2.40. The summed E-state index contributed by atoms with van der Waals surface area (Å²) in [6.07, 6.45) is 3.78. The van der Waals surface area contributed by atoms with E-state index in [1.807, 2.05) is 22.4 Å². The average Bonchev–Trinajstić information content (AvgIpc) is 3.26. The zero-order valence-electron chi connectivity index (χ0n) is 13.0. The van der Waals surface area contributed by atoms with Crippen molar-refractivity contribution in [1.82, 2.24) is 15.0 Å². The van der Waals surface area contributed by atoms with Gasteiger partial charge in [-0.25, -0.2) is 0 Å². The number of nitrogens with zero attached hydrogens (tertiary/aromatic N) is 3. The lowest BCUT2D eigenvalue weighted by molar-refractivity contribution is -0.133. The van der Waals surface area contributed by atoms with Crippen LogP contribution in [0.4, 0.5) is 0 Å². The minimum Gasteiger partial charge on any atom is -0.396 e. The highest BCUT2D eigenvalue weighted by Crippen LogP contribution is 2.22. The highest BCUT2D eigenvalue weighted by molar-refractivity contribution is 7.13. The molecule has 1 unspecified atom stereocenters. The summed E-state index contributed by atoms with van der Waals surface area (Å²) in [5, 5.41) is 15.2. The molecule has 2 aromatic rings. The van der Waals surface area contributed by atoms with Crippen LogP contribution in [0.3, 0.4) is 0 Å². The predicted molar refractivity (Wildman–Crippen MR) is 86.9 cm³/mol. The fourth-order valence-corrected chi connectivity index (χ4v) is 3.50. The Bertz CT molecular complexity index is 626. The number of rotatable bonds is 6. The summed E-state index contributed by atoms with van der Waals surface area (Å²) >= 11 is 1.57. The van der Waals surface area contributed by atoms with Gasteiger partial charge in [0.15, 0.2) is 0 Å². The number of aliphatic hydroxyl groups is 1. The molecule has 1 N–H and O–H groups in total. The number of hydrogen-bond acceptors (Lipinski definition) is 6. The molecule has 0 radical (unpaired) electrons. The Morgan fingerprint density at radius 3 is 3.22 bits per heavy atom. The number of aryl methyl sites for hydroxylation is 1. The van der Waals surface area contributed by atoms with Gasteiger partial charge in [0.2, 0.25) is 17.6 Å². The molecule has 7 heteroatoms. The van der Waals surface area contributed by atoms with Crippen LogP contribution in [0.25, 0.3) is 10.7 Å². The smallest absolute Gasteiger partial charge is 0.226 e. The Balaban J connectivity index is 1.45. The first-order chi connectivity index (χ1) is 11.3. The van der Waals surface area contributed by atoms with Gasteiger partial charge < -0.3 is 14.5 Å². The maximum absolute atomic E-state index is 12.2. The van der Waals surface area contributed by atoms with Gasteiger partial charge in [-0.05, 0) is 36.6 Å². The molecule has 1 fully saturated rings. The predicted octanol–water partition coefficient (Wildman–Crippen LogP) is 2.35. The van der Waals surface area contributed by atoms with Crippen molar-refractivity contribution in [2.75, 3.05) is 19.7 Å². The summed E-state index contributed by atoms with van der Waals surface area (Å²) in [6, 6.07) is 3.91. The van der Waals surface area contributed by atoms with Crippen molar-refractivity contribution in [3.8, 4) is 10.7 Å². The second-order valence-corrected chi connectivity index (χ2v) is 6.82. The van der Waals surface area contributed by atoms with E-state index in [1.54, 1.807) is 11.3 Å². The van der Waals surface area contributed by atoms with Crippen molar-refractivity contribution in [3.63, 3.8) is 0 Å². The third-order valence-corrected chi connectivity index (χ3v) is 4.99. The number of thiophene rings is 1. The fraction of sp³-hybridized carbons (Fsp3) is 0.562. The maximum atomic E-state index is 12.2.